The molecule has 1 heterocycles. The van der Waals surface area contributed by atoms with E-state index in [9.17, 15) is 9.90 Å². The molecule has 1 aliphatic heterocycles. The second-order valence-electron chi connectivity index (χ2n) is 4.13. The van der Waals surface area contributed by atoms with Gasteiger partial charge >= 0.3 is 5.97 Å². The van der Waals surface area contributed by atoms with Crippen LogP contribution in [-0.2, 0) is 4.79 Å². The van der Waals surface area contributed by atoms with Gasteiger partial charge in [0.2, 0.25) is 0 Å². The first-order chi connectivity index (χ1) is 8.11. The van der Waals surface area contributed by atoms with Crippen molar-refractivity contribution in [3.05, 3.63) is 33.8 Å². The summed E-state index contributed by atoms with van der Waals surface area (Å²) < 4.78 is 0. The van der Waals surface area contributed by atoms with E-state index in [-0.39, 0.29) is 0 Å². The lowest BCUT2D eigenvalue weighted by molar-refractivity contribution is -0.143. The van der Waals surface area contributed by atoms with Gasteiger partial charge in [-0.2, -0.15) is 0 Å². The summed E-state index contributed by atoms with van der Waals surface area (Å²) in [5, 5.41) is 10.1. The fourth-order valence-corrected chi connectivity index (χ4v) is 2.63. The summed E-state index contributed by atoms with van der Waals surface area (Å²) in [5.41, 5.74) is 0.577. The molecule has 1 atom stereocenters. The van der Waals surface area contributed by atoms with E-state index in [4.69, 9.17) is 23.2 Å². The van der Waals surface area contributed by atoms with Crippen molar-refractivity contribution in [2.75, 3.05) is 13.1 Å². The van der Waals surface area contributed by atoms with Gasteiger partial charge in [-0.1, -0.05) is 35.3 Å². The zero-order valence-electron chi connectivity index (χ0n) is 9.20. The molecule has 0 amide bonds. The molecular formula is C12H13Cl2NO2. The highest BCUT2D eigenvalue weighted by molar-refractivity contribution is 6.42. The smallest absolute Gasteiger partial charge is 0.325 e. The summed E-state index contributed by atoms with van der Waals surface area (Å²) in [7, 11) is 0. The highest BCUT2D eigenvalue weighted by atomic mass is 35.5. The average Bonchev–Trinajstić information content (AvgIpc) is 2.77. The van der Waals surface area contributed by atoms with Crippen molar-refractivity contribution in [3.63, 3.8) is 0 Å². The lowest BCUT2D eigenvalue weighted by Gasteiger charge is -2.25. The van der Waals surface area contributed by atoms with Crippen molar-refractivity contribution in [2.45, 2.75) is 18.9 Å². The molecule has 1 saturated heterocycles. The average molecular weight is 274 g/mol. The zero-order valence-corrected chi connectivity index (χ0v) is 10.7. The van der Waals surface area contributed by atoms with Crippen LogP contribution in [0, 0.1) is 0 Å². The minimum Gasteiger partial charge on any atom is -0.480 e. The fourth-order valence-electron chi connectivity index (χ4n) is 2.22. The van der Waals surface area contributed by atoms with Gasteiger partial charge in [-0.15, -0.1) is 0 Å². The minimum atomic E-state index is -0.879. The molecule has 0 spiro atoms. The SMILES string of the molecule is O=C(O)C(c1cccc(Cl)c1Cl)N1CCCC1. The molecule has 1 aromatic rings. The zero-order chi connectivity index (χ0) is 12.4. The normalized spacial score (nSPS) is 18.2. The number of halogens is 2. The number of carboxylic acid groups (broad SMARTS) is 1. The second-order valence-corrected chi connectivity index (χ2v) is 4.91. The number of nitrogens with zero attached hydrogens (tertiary/aromatic N) is 1. The first kappa shape index (κ1) is 12.7. The Morgan fingerprint density at radius 3 is 2.53 bits per heavy atom. The molecule has 17 heavy (non-hydrogen) atoms. The summed E-state index contributed by atoms with van der Waals surface area (Å²) in [6.07, 6.45) is 2.06. The first-order valence-electron chi connectivity index (χ1n) is 5.52. The molecule has 0 aliphatic carbocycles. The number of benzene rings is 1. The molecule has 1 aliphatic rings. The molecule has 0 aromatic heterocycles. The van der Waals surface area contributed by atoms with E-state index in [2.05, 4.69) is 0 Å². The van der Waals surface area contributed by atoms with Crippen LogP contribution >= 0.6 is 23.2 Å². The largest absolute Gasteiger partial charge is 0.480 e. The lowest BCUT2D eigenvalue weighted by atomic mass is 10.1. The molecular weight excluding hydrogens is 261 g/mol. The lowest BCUT2D eigenvalue weighted by Crippen LogP contribution is -2.31. The van der Waals surface area contributed by atoms with Crippen LogP contribution in [0.3, 0.4) is 0 Å². The molecule has 2 rings (SSSR count). The van der Waals surface area contributed by atoms with E-state index < -0.39 is 12.0 Å². The predicted molar refractivity (Wildman–Crippen MR) is 67.6 cm³/mol. The summed E-state index contributed by atoms with van der Waals surface area (Å²) in [5.74, 6) is -0.879. The van der Waals surface area contributed by atoms with E-state index in [1.807, 2.05) is 4.90 Å². The fraction of sp³-hybridized carbons (Fsp3) is 0.417. The van der Waals surface area contributed by atoms with Crippen LogP contribution in [0.15, 0.2) is 18.2 Å². The van der Waals surface area contributed by atoms with E-state index in [1.54, 1.807) is 18.2 Å². The number of hydrogen-bond donors (Lipinski definition) is 1. The minimum absolute atomic E-state index is 0.341. The van der Waals surface area contributed by atoms with Gasteiger partial charge in [-0.25, -0.2) is 0 Å². The van der Waals surface area contributed by atoms with Gasteiger partial charge < -0.3 is 5.11 Å². The van der Waals surface area contributed by atoms with Crippen molar-refractivity contribution < 1.29 is 9.90 Å². The molecule has 1 fully saturated rings. The summed E-state index contributed by atoms with van der Waals surface area (Å²) in [6.45, 7) is 1.58. The van der Waals surface area contributed by atoms with Crippen molar-refractivity contribution >= 4 is 29.2 Å². The van der Waals surface area contributed by atoms with E-state index in [0.717, 1.165) is 25.9 Å². The van der Waals surface area contributed by atoms with Crippen molar-refractivity contribution in [1.29, 1.82) is 0 Å². The molecule has 0 saturated carbocycles. The van der Waals surface area contributed by atoms with Crippen LogP contribution in [0.25, 0.3) is 0 Å². The molecule has 92 valence electrons. The maximum Gasteiger partial charge on any atom is 0.325 e. The van der Waals surface area contributed by atoms with Gasteiger partial charge in [-0.3, -0.25) is 9.69 Å². The molecule has 1 aromatic carbocycles. The molecule has 0 radical (unpaired) electrons. The molecule has 1 unspecified atom stereocenters. The Kier molecular flexibility index (Phi) is 3.92. The Morgan fingerprint density at radius 1 is 1.29 bits per heavy atom. The van der Waals surface area contributed by atoms with Gasteiger partial charge in [-0.05, 0) is 32.0 Å². The Morgan fingerprint density at radius 2 is 1.94 bits per heavy atom. The summed E-state index contributed by atoms with van der Waals surface area (Å²) in [4.78, 5) is 13.3. The maximum atomic E-state index is 11.4. The van der Waals surface area contributed by atoms with Crippen LogP contribution < -0.4 is 0 Å². The Balaban J connectivity index is 2.38. The number of rotatable bonds is 3. The summed E-state index contributed by atoms with van der Waals surface area (Å²) >= 11 is 12.0. The van der Waals surface area contributed by atoms with Crippen LogP contribution in [0.5, 0.6) is 0 Å². The predicted octanol–water partition coefficient (Wildman–Crippen LogP) is 3.21. The second kappa shape index (κ2) is 5.25. The van der Waals surface area contributed by atoms with Crippen LogP contribution in [0.1, 0.15) is 24.4 Å². The number of hydrogen-bond acceptors (Lipinski definition) is 2. The third-order valence-electron chi connectivity index (χ3n) is 3.02. The van der Waals surface area contributed by atoms with Crippen molar-refractivity contribution in [1.82, 2.24) is 4.90 Å². The number of aliphatic carboxylic acids is 1. The number of likely N-dealkylation sites (tertiary alicyclic amines) is 1. The molecule has 1 N–H and O–H groups in total. The highest BCUT2D eigenvalue weighted by Crippen LogP contribution is 2.34. The third kappa shape index (κ3) is 2.57. The Hall–Kier alpha value is -0.770. The third-order valence-corrected chi connectivity index (χ3v) is 3.85. The molecule has 3 nitrogen and oxygen atoms in total. The monoisotopic (exact) mass is 273 g/mol. The van der Waals surface area contributed by atoms with E-state index in [0.29, 0.717) is 15.6 Å². The molecule has 5 heteroatoms. The van der Waals surface area contributed by atoms with Gasteiger partial charge in [0.25, 0.3) is 0 Å². The maximum absolute atomic E-state index is 11.4. The van der Waals surface area contributed by atoms with Gasteiger partial charge in [0.05, 0.1) is 10.0 Å². The van der Waals surface area contributed by atoms with Crippen LogP contribution in [0.2, 0.25) is 10.0 Å². The Labute approximate surface area is 110 Å². The van der Waals surface area contributed by atoms with E-state index >= 15 is 0 Å². The first-order valence-corrected chi connectivity index (χ1v) is 6.27. The number of carbonyl (C=O) groups is 1. The topological polar surface area (TPSA) is 40.5 Å². The quantitative estimate of drug-likeness (QED) is 0.920. The van der Waals surface area contributed by atoms with Crippen molar-refractivity contribution in [2.24, 2.45) is 0 Å². The van der Waals surface area contributed by atoms with Crippen molar-refractivity contribution in [3.8, 4) is 0 Å². The van der Waals surface area contributed by atoms with Crippen LogP contribution in [-0.4, -0.2) is 29.1 Å². The summed E-state index contributed by atoms with van der Waals surface area (Å²) in [6, 6.07) is 4.43. The van der Waals surface area contributed by atoms with Crippen LogP contribution in [0.4, 0.5) is 0 Å². The highest BCUT2D eigenvalue weighted by Gasteiger charge is 2.31. The number of carboxylic acids is 1. The molecule has 0 bridgehead atoms. The van der Waals surface area contributed by atoms with E-state index in [1.165, 1.54) is 0 Å². The van der Waals surface area contributed by atoms with Gasteiger partial charge in [0.1, 0.15) is 6.04 Å². The van der Waals surface area contributed by atoms with Gasteiger partial charge in [0, 0.05) is 5.56 Å². The van der Waals surface area contributed by atoms with Gasteiger partial charge in [0.15, 0.2) is 0 Å². The Bertz CT molecular complexity index is 431. The standard InChI is InChI=1S/C12H13Cl2NO2/c13-9-5-3-4-8(10(9)14)11(12(16)17)15-6-1-2-7-15/h3-5,11H,1-2,6-7H2,(H,16,17).